The molecule has 1 aromatic heterocycles. The van der Waals surface area contributed by atoms with Gasteiger partial charge in [-0.05, 0) is 31.4 Å². The molecule has 0 saturated heterocycles. The van der Waals surface area contributed by atoms with Gasteiger partial charge in [0.1, 0.15) is 11.6 Å². The maximum Gasteiger partial charge on any atom is 0.412 e. The summed E-state index contributed by atoms with van der Waals surface area (Å²) in [5.74, 6) is -1.01. The monoisotopic (exact) mass is 374 g/mol. The van der Waals surface area contributed by atoms with Gasteiger partial charge in [0.25, 0.3) is 0 Å². The molecule has 0 spiro atoms. The Morgan fingerprint density at radius 3 is 2.69 bits per heavy atom. The largest absolute Gasteiger partial charge is 0.478 e. The molecule has 0 bridgehead atoms. The second-order valence-electron chi connectivity index (χ2n) is 6.51. The van der Waals surface area contributed by atoms with Crippen molar-refractivity contribution in [3.8, 4) is 0 Å². The topological polar surface area (TPSA) is 78.9 Å². The van der Waals surface area contributed by atoms with E-state index in [0.717, 1.165) is 22.5 Å². The first-order valence-corrected chi connectivity index (χ1v) is 9.37. The Hall–Kier alpha value is -2.38. The zero-order valence-electron chi connectivity index (χ0n) is 14.8. The molecular weight excluding hydrogens is 352 g/mol. The molecule has 1 amide bonds. The average Bonchev–Trinajstić information content (AvgIpc) is 2.97. The fraction of sp³-hybridized carbons (Fsp3) is 0.368. The molecule has 7 heteroatoms. The van der Waals surface area contributed by atoms with Crippen molar-refractivity contribution in [1.29, 1.82) is 0 Å². The van der Waals surface area contributed by atoms with Crippen molar-refractivity contribution >= 4 is 28.4 Å². The number of ether oxygens (including phenoxy) is 1. The summed E-state index contributed by atoms with van der Waals surface area (Å²) >= 11 is 1.33. The Kier molecular flexibility index (Phi) is 5.58. The predicted molar refractivity (Wildman–Crippen MR) is 101 cm³/mol. The highest BCUT2D eigenvalue weighted by Gasteiger charge is 2.29. The Morgan fingerprint density at radius 1 is 1.31 bits per heavy atom. The molecule has 0 atom stereocenters. The van der Waals surface area contributed by atoms with Crippen molar-refractivity contribution in [1.82, 2.24) is 4.90 Å². The van der Waals surface area contributed by atoms with Crippen LogP contribution < -0.4 is 5.32 Å². The van der Waals surface area contributed by atoms with Gasteiger partial charge in [-0.1, -0.05) is 30.3 Å². The van der Waals surface area contributed by atoms with Crippen LogP contribution in [-0.2, 0) is 24.3 Å². The average molecular weight is 374 g/mol. The van der Waals surface area contributed by atoms with E-state index >= 15 is 0 Å². The lowest BCUT2D eigenvalue weighted by Gasteiger charge is -2.30. The molecule has 2 heterocycles. The smallest absolute Gasteiger partial charge is 0.412 e. The molecule has 138 valence electrons. The van der Waals surface area contributed by atoms with E-state index in [1.165, 1.54) is 11.3 Å². The van der Waals surface area contributed by atoms with Gasteiger partial charge < -0.3 is 9.84 Å². The molecule has 0 saturated carbocycles. The number of carboxylic acid groups (broad SMARTS) is 1. The highest BCUT2D eigenvalue weighted by molar-refractivity contribution is 7.17. The van der Waals surface area contributed by atoms with Crippen LogP contribution in [0.4, 0.5) is 9.80 Å². The molecule has 6 nitrogen and oxygen atoms in total. The molecular formula is C19H22N2O4S. The third-order valence-electron chi connectivity index (χ3n) is 4.46. The predicted octanol–water partition coefficient (Wildman–Crippen LogP) is 3.96. The lowest BCUT2D eigenvalue weighted by molar-refractivity contribution is 0.0696. The molecule has 0 fully saturated rings. The minimum atomic E-state index is -1.01. The van der Waals surface area contributed by atoms with Gasteiger partial charge in [0, 0.05) is 24.0 Å². The number of carboxylic acids is 1. The van der Waals surface area contributed by atoms with Crippen LogP contribution >= 0.6 is 11.3 Å². The summed E-state index contributed by atoms with van der Waals surface area (Å²) in [7, 11) is 0. The number of thiophene rings is 1. The van der Waals surface area contributed by atoms with Crippen LogP contribution in [0.15, 0.2) is 30.3 Å². The van der Waals surface area contributed by atoms with Gasteiger partial charge in [-0.3, -0.25) is 10.2 Å². The minimum absolute atomic E-state index is 0.140. The standard InChI is InChI=1S/C19H22N2O4S/c1-12(2)21-9-8-14-15(10-21)26-17(16(14)18(22)23)20-19(24)25-11-13-6-4-3-5-7-13/h3-7,12H,8-11H2,1-2H3,(H,20,24)(H,22,23). The molecule has 2 N–H and O–H groups in total. The van der Waals surface area contributed by atoms with Crippen LogP contribution in [0.25, 0.3) is 0 Å². The van der Waals surface area contributed by atoms with Crippen molar-refractivity contribution in [2.24, 2.45) is 0 Å². The Morgan fingerprint density at radius 2 is 2.04 bits per heavy atom. The van der Waals surface area contributed by atoms with Crippen LogP contribution in [0.1, 0.15) is 40.2 Å². The second-order valence-corrected chi connectivity index (χ2v) is 7.62. The Labute approximate surface area is 156 Å². The second kappa shape index (κ2) is 7.88. The summed E-state index contributed by atoms with van der Waals surface area (Å²) in [5, 5.41) is 12.6. The van der Waals surface area contributed by atoms with Gasteiger partial charge in [0.2, 0.25) is 0 Å². The minimum Gasteiger partial charge on any atom is -0.478 e. The zero-order valence-corrected chi connectivity index (χ0v) is 15.6. The molecule has 3 rings (SSSR count). The summed E-state index contributed by atoms with van der Waals surface area (Å²) in [6.45, 7) is 5.91. The van der Waals surface area contributed by atoms with Crippen LogP contribution in [0.5, 0.6) is 0 Å². The molecule has 0 unspecified atom stereocenters. The van der Waals surface area contributed by atoms with Crippen LogP contribution in [-0.4, -0.2) is 34.7 Å². The van der Waals surface area contributed by atoms with E-state index in [0.29, 0.717) is 24.0 Å². The number of aromatic carboxylic acids is 1. The van der Waals surface area contributed by atoms with Crippen LogP contribution in [0, 0.1) is 0 Å². The van der Waals surface area contributed by atoms with Crippen molar-refractivity contribution in [3.63, 3.8) is 0 Å². The number of nitrogens with one attached hydrogen (secondary N) is 1. The number of carbonyl (C=O) groups is 2. The first-order chi connectivity index (χ1) is 12.5. The molecule has 0 radical (unpaired) electrons. The van der Waals surface area contributed by atoms with Crippen molar-refractivity contribution in [2.45, 2.75) is 39.5 Å². The highest BCUT2D eigenvalue weighted by atomic mass is 32.1. The van der Waals surface area contributed by atoms with Gasteiger partial charge in [-0.25, -0.2) is 9.59 Å². The van der Waals surface area contributed by atoms with E-state index in [-0.39, 0.29) is 12.2 Å². The van der Waals surface area contributed by atoms with Crippen molar-refractivity contribution in [2.75, 3.05) is 11.9 Å². The molecule has 1 aliphatic rings. The normalized spacial score (nSPS) is 14.1. The lowest BCUT2D eigenvalue weighted by Crippen LogP contribution is -2.35. The number of nitrogens with zero attached hydrogens (tertiary/aromatic N) is 1. The molecule has 2 aromatic rings. The number of hydrogen-bond acceptors (Lipinski definition) is 5. The van der Waals surface area contributed by atoms with E-state index < -0.39 is 12.1 Å². The molecule has 1 aromatic carbocycles. The summed E-state index contributed by atoms with van der Waals surface area (Å²) in [6.07, 6.45) is 0.0301. The van der Waals surface area contributed by atoms with Gasteiger partial charge in [0.05, 0.1) is 5.56 Å². The van der Waals surface area contributed by atoms with Crippen LogP contribution in [0.2, 0.25) is 0 Å². The van der Waals surface area contributed by atoms with Gasteiger partial charge >= 0.3 is 12.1 Å². The quantitative estimate of drug-likeness (QED) is 0.828. The summed E-state index contributed by atoms with van der Waals surface area (Å²) in [5.41, 5.74) is 1.90. The maximum atomic E-state index is 12.1. The molecule has 0 aliphatic carbocycles. The summed E-state index contributed by atoms with van der Waals surface area (Å²) in [6, 6.07) is 9.74. The number of amides is 1. The number of rotatable bonds is 5. The molecule has 26 heavy (non-hydrogen) atoms. The van der Waals surface area contributed by atoms with Gasteiger partial charge in [-0.15, -0.1) is 11.3 Å². The van der Waals surface area contributed by atoms with Crippen LogP contribution in [0.3, 0.4) is 0 Å². The Balaban J connectivity index is 1.73. The fourth-order valence-electron chi connectivity index (χ4n) is 3.03. The van der Waals surface area contributed by atoms with E-state index in [1.54, 1.807) is 0 Å². The third kappa shape index (κ3) is 4.05. The number of carbonyl (C=O) groups excluding carboxylic acids is 1. The van der Waals surface area contributed by atoms with Gasteiger partial charge in [0.15, 0.2) is 0 Å². The lowest BCUT2D eigenvalue weighted by atomic mass is 10.0. The van der Waals surface area contributed by atoms with Crippen molar-refractivity contribution in [3.05, 3.63) is 51.9 Å². The zero-order chi connectivity index (χ0) is 18.7. The Bertz CT molecular complexity index is 801. The highest BCUT2D eigenvalue weighted by Crippen LogP contribution is 2.37. The molecule has 1 aliphatic heterocycles. The number of fused-ring (bicyclic) bond motifs is 1. The van der Waals surface area contributed by atoms with Gasteiger partial charge in [-0.2, -0.15) is 0 Å². The summed E-state index contributed by atoms with van der Waals surface area (Å²) < 4.78 is 5.21. The van der Waals surface area contributed by atoms with E-state index in [4.69, 9.17) is 4.74 Å². The third-order valence-corrected chi connectivity index (χ3v) is 5.59. The fourth-order valence-corrected chi connectivity index (χ4v) is 4.28. The SMILES string of the molecule is CC(C)N1CCc2c(sc(NC(=O)OCc3ccccc3)c2C(=O)O)C1. The number of anilines is 1. The van der Waals surface area contributed by atoms with E-state index in [1.807, 2.05) is 30.3 Å². The maximum absolute atomic E-state index is 12.1. The first kappa shape index (κ1) is 18.4. The first-order valence-electron chi connectivity index (χ1n) is 8.55. The van der Waals surface area contributed by atoms with E-state index in [9.17, 15) is 14.7 Å². The van der Waals surface area contributed by atoms with E-state index in [2.05, 4.69) is 24.1 Å². The van der Waals surface area contributed by atoms with Crippen molar-refractivity contribution < 1.29 is 19.4 Å². The number of benzene rings is 1. The number of hydrogen-bond donors (Lipinski definition) is 2. The summed E-state index contributed by atoms with van der Waals surface area (Å²) in [4.78, 5) is 27.1.